The fourth-order valence-corrected chi connectivity index (χ4v) is 6.26. The van der Waals surface area contributed by atoms with Crippen LogP contribution in [0.1, 0.15) is 54.9 Å². The van der Waals surface area contributed by atoms with Crippen molar-refractivity contribution in [2.75, 3.05) is 11.9 Å². The zero-order valence-electron chi connectivity index (χ0n) is 23.9. The molecule has 0 saturated carbocycles. The largest absolute Gasteiger partial charge is 0.463 e. The summed E-state index contributed by atoms with van der Waals surface area (Å²) < 4.78 is 9.63. The summed E-state index contributed by atoms with van der Waals surface area (Å²) in [6, 6.07) is 16.9. The van der Waals surface area contributed by atoms with Gasteiger partial charge in [-0.05, 0) is 82.2 Å². The lowest BCUT2D eigenvalue weighted by atomic mass is 9.95. The Bertz CT molecular complexity index is 1870. The first-order valence-electron chi connectivity index (χ1n) is 13.4. The van der Waals surface area contributed by atoms with Crippen LogP contribution in [0, 0.1) is 20.8 Å². The first-order chi connectivity index (χ1) is 19.6. The number of aromatic nitrogens is 2. The zero-order valence-corrected chi connectivity index (χ0v) is 24.8. The second-order valence-corrected chi connectivity index (χ2v) is 11.1. The smallest absolute Gasteiger partial charge is 0.338 e. The first-order valence-corrected chi connectivity index (χ1v) is 14.2. The number of nitrogens with zero attached hydrogens (tertiary/aromatic N) is 3. The van der Waals surface area contributed by atoms with Crippen molar-refractivity contribution in [3.05, 3.63) is 114 Å². The molecule has 2 aromatic carbocycles. The van der Waals surface area contributed by atoms with Crippen molar-refractivity contribution in [1.82, 2.24) is 9.13 Å². The van der Waals surface area contributed by atoms with E-state index >= 15 is 0 Å². The van der Waals surface area contributed by atoms with Gasteiger partial charge >= 0.3 is 5.97 Å². The highest BCUT2D eigenvalue weighted by Gasteiger charge is 2.33. The highest BCUT2D eigenvalue weighted by atomic mass is 32.1. The Morgan fingerprint density at radius 3 is 2.37 bits per heavy atom. The van der Waals surface area contributed by atoms with Gasteiger partial charge in [0.15, 0.2) is 4.80 Å². The standard InChI is InChI=1S/C32H32N4O4S/c1-7-40-31(39)28-20(4)33-32-36(29(28)23-10-8-18(2)9-11-23)30(38)27(41-32)17-24-16-19(3)35(21(24)5)26-14-12-25(13-15-26)34-22(6)37/h8-17,29H,7H2,1-6H3,(H,34,37)/b27-17+/t29-/m0/s1. The minimum Gasteiger partial charge on any atom is -0.463 e. The molecule has 1 amide bonds. The van der Waals surface area contributed by atoms with Gasteiger partial charge in [-0.3, -0.25) is 14.2 Å². The third-order valence-corrected chi connectivity index (χ3v) is 8.10. The fraction of sp³-hybridized carbons (Fsp3) is 0.250. The maximum absolute atomic E-state index is 14.0. The number of fused-ring (bicyclic) bond motifs is 1. The molecule has 8 nitrogen and oxygen atoms in total. The van der Waals surface area contributed by atoms with Crippen LogP contribution in [0.3, 0.4) is 0 Å². The molecular weight excluding hydrogens is 536 g/mol. The molecule has 9 heteroatoms. The van der Waals surface area contributed by atoms with Gasteiger partial charge in [-0.2, -0.15) is 0 Å². The van der Waals surface area contributed by atoms with E-state index in [4.69, 9.17) is 4.74 Å². The molecule has 1 aliphatic heterocycles. The molecule has 0 aliphatic carbocycles. The number of nitrogens with one attached hydrogen (secondary N) is 1. The third kappa shape index (κ3) is 5.32. The fourth-order valence-electron chi connectivity index (χ4n) is 5.23. The number of carbonyl (C=O) groups is 2. The molecule has 1 atom stereocenters. The number of allylic oxidation sites excluding steroid dienone is 1. The van der Waals surface area contributed by atoms with Gasteiger partial charge in [0, 0.05) is 29.7 Å². The minimum atomic E-state index is -0.636. The van der Waals surface area contributed by atoms with Gasteiger partial charge in [-0.25, -0.2) is 9.79 Å². The molecule has 5 rings (SSSR count). The number of rotatable bonds is 6. The van der Waals surface area contributed by atoms with Crippen molar-refractivity contribution in [2.45, 2.75) is 47.6 Å². The summed E-state index contributed by atoms with van der Waals surface area (Å²) in [6.07, 6.45) is 1.89. The lowest BCUT2D eigenvalue weighted by molar-refractivity contribution is -0.139. The van der Waals surface area contributed by atoms with E-state index in [1.165, 1.54) is 18.3 Å². The summed E-state index contributed by atoms with van der Waals surface area (Å²) in [7, 11) is 0. The van der Waals surface area contributed by atoms with Crippen molar-refractivity contribution >= 4 is 35.0 Å². The Morgan fingerprint density at radius 2 is 1.73 bits per heavy atom. The van der Waals surface area contributed by atoms with E-state index in [0.29, 0.717) is 20.6 Å². The number of esters is 1. The van der Waals surface area contributed by atoms with Crippen molar-refractivity contribution in [3.63, 3.8) is 0 Å². The second-order valence-electron chi connectivity index (χ2n) is 10.1. The summed E-state index contributed by atoms with van der Waals surface area (Å²) in [4.78, 5) is 43.7. The molecule has 3 heterocycles. The number of aryl methyl sites for hydroxylation is 2. The molecule has 2 aromatic heterocycles. The van der Waals surface area contributed by atoms with E-state index in [2.05, 4.69) is 14.9 Å². The Hall–Kier alpha value is -4.50. The Kier molecular flexibility index (Phi) is 7.64. The zero-order chi connectivity index (χ0) is 29.4. The molecular formula is C32H32N4O4S. The van der Waals surface area contributed by atoms with E-state index in [1.54, 1.807) is 18.4 Å². The van der Waals surface area contributed by atoms with Crippen molar-refractivity contribution in [3.8, 4) is 5.69 Å². The number of anilines is 1. The monoisotopic (exact) mass is 568 g/mol. The van der Waals surface area contributed by atoms with Gasteiger partial charge in [0.2, 0.25) is 5.91 Å². The number of hydrogen-bond donors (Lipinski definition) is 1. The van der Waals surface area contributed by atoms with E-state index in [9.17, 15) is 14.4 Å². The predicted octanol–water partition coefficient (Wildman–Crippen LogP) is 4.47. The predicted molar refractivity (Wildman–Crippen MR) is 161 cm³/mol. The van der Waals surface area contributed by atoms with Gasteiger partial charge < -0.3 is 14.6 Å². The van der Waals surface area contributed by atoms with Gasteiger partial charge in [-0.15, -0.1) is 0 Å². The van der Waals surface area contributed by atoms with E-state index < -0.39 is 12.0 Å². The average Bonchev–Trinajstić information content (AvgIpc) is 3.38. The number of ether oxygens (including phenoxy) is 1. The summed E-state index contributed by atoms with van der Waals surface area (Å²) >= 11 is 1.31. The number of thiazole rings is 1. The molecule has 0 bridgehead atoms. The maximum Gasteiger partial charge on any atom is 0.338 e. The molecule has 41 heavy (non-hydrogen) atoms. The summed E-state index contributed by atoms with van der Waals surface area (Å²) in [5, 5.41) is 2.79. The van der Waals surface area contributed by atoms with E-state index in [0.717, 1.165) is 39.5 Å². The summed E-state index contributed by atoms with van der Waals surface area (Å²) in [5.74, 6) is -0.592. The van der Waals surface area contributed by atoms with Gasteiger partial charge in [0.25, 0.3) is 5.56 Å². The molecule has 4 aromatic rings. The summed E-state index contributed by atoms with van der Waals surface area (Å²) in [6.45, 7) is 11.3. The molecule has 0 radical (unpaired) electrons. The molecule has 0 fully saturated rings. The normalized spacial score (nSPS) is 15.0. The summed E-state index contributed by atoms with van der Waals surface area (Å²) in [5.41, 5.74) is 7.17. The molecule has 1 aliphatic rings. The molecule has 1 N–H and O–H groups in total. The van der Waals surface area contributed by atoms with Gasteiger partial charge in [0.05, 0.1) is 28.5 Å². The quantitative estimate of drug-likeness (QED) is 0.347. The van der Waals surface area contributed by atoms with Crippen LogP contribution in [0.2, 0.25) is 0 Å². The Balaban J connectivity index is 1.62. The van der Waals surface area contributed by atoms with Crippen LogP contribution in [0.4, 0.5) is 5.69 Å². The molecule has 210 valence electrons. The molecule has 0 spiro atoms. The van der Waals surface area contributed by atoms with Crippen LogP contribution in [-0.4, -0.2) is 27.6 Å². The van der Waals surface area contributed by atoms with Crippen molar-refractivity contribution < 1.29 is 14.3 Å². The van der Waals surface area contributed by atoms with Crippen LogP contribution in [0.5, 0.6) is 0 Å². The van der Waals surface area contributed by atoms with Crippen molar-refractivity contribution in [1.29, 1.82) is 0 Å². The number of benzene rings is 2. The number of hydrogen-bond acceptors (Lipinski definition) is 6. The van der Waals surface area contributed by atoms with Gasteiger partial charge in [-0.1, -0.05) is 41.2 Å². The average molecular weight is 569 g/mol. The minimum absolute atomic E-state index is 0.121. The van der Waals surface area contributed by atoms with Gasteiger partial charge in [0.1, 0.15) is 0 Å². The van der Waals surface area contributed by atoms with Crippen LogP contribution in [-0.2, 0) is 14.3 Å². The van der Waals surface area contributed by atoms with Crippen LogP contribution >= 0.6 is 11.3 Å². The lowest BCUT2D eigenvalue weighted by Gasteiger charge is -2.24. The number of carbonyl (C=O) groups excluding carboxylic acids is 2. The van der Waals surface area contributed by atoms with E-state index in [-0.39, 0.29) is 18.1 Å². The van der Waals surface area contributed by atoms with Crippen molar-refractivity contribution in [2.24, 2.45) is 4.99 Å². The topological polar surface area (TPSA) is 94.7 Å². The lowest BCUT2D eigenvalue weighted by Crippen LogP contribution is -2.39. The second kappa shape index (κ2) is 11.2. The highest BCUT2D eigenvalue weighted by Crippen LogP contribution is 2.31. The molecule has 0 unspecified atom stereocenters. The number of amides is 1. The highest BCUT2D eigenvalue weighted by molar-refractivity contribution is 7.07. The van der Waals surface area contributed by atoms with E-state index in [1.807, 2.05) is 81.4 Å². The molecule has 0 saturated heterocycles. The van der Waals surface area contributed by atoms with Crippen LogP contribution in [0.25, 0.3) is 11.8 Å². The van der Waals surface area contributed by atoms with Crippen LogP contribution < -0.4 is 20.2 Å². The maximum atomic E-state index is 14.0. The third-order valence-electron chi connectivity index (χ3n) is 7.11. The Morgan fingerprint density at radius 1 is 1.05 bits per heavy atom. The van der Waals surface area contributed by atoms with Crippen LogP contribution in [0.15, 0.2) is 75.7 Å². The first kappa shape index (κ1) is 28.0. The Labute approximate surface area is 241 Å². The SMILES string of the molecule is CCOC(=O)C1=C(C)N=c2s/c(=C/c3cc(C)n(-c4ccc(NC(C)=O)cc4)c3C)c(=O)n2[C@H]1c1ccc(C)cc1.